The summed E-state index contributed by atoms with van der Waals surface area (Å²) in [5.41, 5.74) is 27.7. The topological polar surface area (TPSA) is 104 Å². The van der Waals surface area contributed by atoms with E-state index in [9.17, 15) is 0 Å². The summed E-state index contributed by atoms with van der Waals surface area (Å²) in [6.45, 7) is 4.64. The van der Waals surface area contributed by atoms with Crippen LogP contribution in [0.1, 0.15) is 25.0 Å². The van der Waals surface area contributed by atoms with E-state index in [2.05, 4.69) is 390 Å². The largest absolute Gasteiger partial charge is 0.455 e. The number of aromatic nitrogens is 6. The zero-order valence-electron chi connectivity index (χ0n) is 70.8. The number of furan rings is 2. The van der Waals surface area contributed by atoms with Gasteiger partial charge in [0.25, 0.3) is 0 Å². The van der Waals surface area contributed by atoms with E-state index in [-0.39, 0.29) is 5.41 Å². The van der Waals surface area contributed by atoms with Gasteiger partial charge in [0.2, 0.25) is 0 Å². The van der Waals surface area contributed by atoms with Crippen molar-refractivity contribution in [3.05, 3.63) is 436 Å². The lowest BCUT2D eigenvalue weighted by molar-refractivity contribution is 0.660. The van der Waals surface area contributed by atoms with Crippen molar-refractivity contribution in [1.82, 2.24) is 29.9 Å². The van der Waals surface area contributed by atoms with Crippen LogP contribution in [0.2, 0.25) is 0 Å². The summed E-state index contributed by atoms with van der Waals surface area (Å²) in [6.07, 6.45) is 0. The molecule has 0 unspecified atom stereocenters. The first-order chi connectivity index (χ1) is 64.1. The molecule has 0 atom stereocenters. The number of hydrogen-bond donors (Lipinski definition) is 0. The van der Waals surface area contributed by atoms with E-state index in [1.54, 1.807) is 0 Å². The highest BCUT2D eigenvalue weighted by molar-refractivity contribution is 7.25. The van der Waals surface area contributed by atoms with Crippen molar-refractivity contribution < 1.29 is 8.83 Å². The first-order valence-electron chi connectivity index (χ1n) is 44.1. The average molecular weight is 1680 g/mol. The van der Waals surface area contributed by atoms with Crippen molar-refractivity contribution >= 4 is 151 Å². The molecule has 27 rings (SSSR count). The molecule has 0 N–H and O–H groups in total. The van der Waals surface area contributed by atoms with Crippen LogP contribution in [0, 0.1) is 0 Å². The fourth-order valence-corrected chi connectivity index (χ4v) is 20.8. The fourth-order valence-electron chi connectivity index (χ4n) is 19.6. The summed E-state index contributed by atoms with van der Waals surface area (Å²) in [5.74, 6) is 2.17. The van der Waals surface area contributed by atoms with Gasteiger partial charge in [-0.05, 0) is 186 Å². The molecule has 0 fully saturated rings. The highest BCUT2D eigenvalue weighted by atomic mass is 32.1. The molecular weight excluding hydrogens is 1600 g/mol. The molecule has 8 nitrogen and oxygen atoms in total. The lowest BCUT2D eigenvalue weighted by atomic mass is 9.82. The molecule has 0 amide bonds. The molecule has 6 aromatic heterocycles. The molecule has 0 saturated heterocycles. The van der Waals surface area contributed by atoms with E-state index in [1.807, 2.05) is 59.9 Å². The van der Waals surface area contributed by atoms with Crippen molar-refractivity contribution in [3.63, 3.8) is 0 Å². The third kappa shape index (κ3) is 13.1. The molecule has 0 spiro atoms. The van der Waals surface area contributed by atoms with Crippen LogP contribution in [0.4, 0.5) is 0 Å². The monoisotopic (exact) mass is 1680 g/mol. The summed E-state index contributed by atoms with van der Waals surface area (Å²) in [5, 5.41) is 19.7. The van der Waals surface area contributed by atoms with Crippen LogP contribution in [0.15, 0.2) is 433 Å². The fraction of sp³-hybridized carbons (Fsp3) is 0.0248. The molecule has 0 radical (unpaired) electrons. The maximum absolute atomic E-state index is 6.38. The molecule has 0 saturated carbocycles. The second-order valence-electron chi connectivity index (χ2n) is 34.3. The van der Waals surface area contributed by atoms with Gasteiger partial charge in [-0.1, -0.05) is 335 Å². The van der Waals surface area contributed by atoms with Gasteiger partial charge in [0.1, 0.15) is 22.3 Å². The SMILES string of the molecule is CC1(C)c2ccccc2-c2ccc(-c3nc(-c4cccc(-c5ccc6ccc7c8ccccc8oc7c6c5)c4)nc4ccccc34)cc21.c1ccc(-c2nc(-c3cccc(-c4ccc5cc6c(cc5c4)sc4ccccc46)c3)nc3ccccc23)cc1.c1ccc(-c2nc(-c3cccc(-c4ccc5ccc6c7ccccc7oc6c5c4)c3)nc3c2ccc2ccccc23)cc1. The minimum absolute atomic E-state index is 0.0876. The van der Waals surface area contributed by atoms with Gasteiger partial charge in [-0.25, -0.2) is 29.9 Å². The van der Waals surface area contributed by atoms with Gasteiger partial charge in [0.15, 0.2) is 17.5 Å². The van der Waals surface area contributed by atoms with E-state index in [0.717, 1.165) is 188 Å². The van der Waals surface area contributed by atoms with Crippen molar-refractivity contribution in [2.24, 2.45) is 0 Å². The Morgan fingerprint density at radius 1 is 0.208 bits per heavy atom. The Morgan fingerprint density at radius 2 is 0.615 bits per heavy atom. The molecule has 130 heavy (non-hydrogen) atoms. The predicted molar refractivity (Wildman–Crippen MR) is 543 cm³/mol. The van der Waals surface area contributed by atoms with Crippen molar-refractivity contribution in [1.29, 1.82) is 0 Å². The third-order valence-electron chi connectivity index (χ3n) is 26.2. The minimum Gasteiger partial charge on any atom is -0.455 e. The van der Waals surface area contributed by atoms with Crippen LogP contribution in [-0.4, -0.2) is 29.9 Å². The number of benzene rings is 20. The Balaban J connectivity index is 0.000000106. The van der Waals surface area contributed by atoms with Crippen molar-refractivity contribution in [2.75, 3.05) is 0 Å². The molecular formula is C121H76N6O2S. The van der Waals surface area contributed by atoms with E-state index < -0.39 is 0 Å². The summed E-state index contributed by atoms with van der Waals surface area (Å²) >= 11 is 1.86. The Hall–Kier alpha value is -16.7. The lowest BCUT2D eigenvalue weighted by Gasteiger charge is -2.22. The maximum Gasteiger partial charge on any atom is 0.160 e. The van der Waals surface area contributed by atoms with Gasteiger partial charge in [0, 0.05) is 113 Å². The summed E-state index contributed by atoms with van der Waals surface area (Å²) in [7, 11) is 0. The summed E-state index contributed by atoms with van der Waals surface area (Å²) in [6, 6.07) is 150. The van der Waals surface area contributed by atoms with Gasteiger partial charge < -0.3 is 8.83 Å². The number of rotatable bonds is 9. The van der Waals surface area contributed by atoms with Crippen LogP contribution in [0.25, 0.3) is 252 Å². The molecule has 6 heterocycles. The minimum atomic E-state index is -0.0876. The first-order valence-corrected chi connectivity index (χ1v) is 44.9. The van der Waals surface area contributed by atoms with E-state index in [0.29, 0.717) is 11.6 Å². The average Bonchev–Trinajstić information content (AvgIpc) is 1.57. The van der Waals surface area contributed by atoms with Crippen molar-refractivity contribution in [2.45, 2.75) is 19.3 Å². The first kappa shape index (κ1) is 75.8. The molecule has 1 aliphatic rings. The smallest absolute Gasteiger partial charge is 0.160 e. The highest BCUT2D eigenvalue weighted by Gasteiger charge is 2.36. The van der Waals surface area contributed by atoms with Crippen molar-refractivity contribution in [3.8, 4) is 112 Å². The summed E-state index contributed by atoms with van der Waals surface area (Å²) in [4.78, 5) is 30.8. The molecule has 20 aromatic carbocycles. The zero-order valence-corrected chi connectivity index (χ0v) is 71.6. The maximum atomic E-state index is 6.38. The lowest BCUT2D eigenvalue weighted by Crippen LogP contribution is -2.14. The van der Waals surface area contributed by atoms with Crippen LogP contribution < -0.4 is 0 Å². The second kappa shape index (κ2) is 30.9. The van der Waals surface area contributed by atoms with Gasteiger partial charge in [0.05, 0.1) is 33.6 Å². The third-order valence-corrected chi connectivity index (χ3v) is 27.3. The molecule has 1 aliphatic carbocycles. The quantitative estimate of drug-likeness (QED) is 0.132. The Kier molecular flexibility index (Phi) is 18.0. The molecule has 26 aromatic rings. The van der Waals surface area contributed by atoms with Gasteiger partial charge >= 0.3 is 0 Å². The standard InChI is InChI=1S/C45H30N2O.C40H24N2O.C36H22N2S/c1-45(2)38-15-6-3-12-32(38)33-22-21-30(26-39(33)45)42-36-14-4-7-16-40(36)46-44(47-42)31-11-9-10-28(24-31)29-19-18-27-20-23-35-34-13-5-8-17-41(34)48-43(35)37(27)25-29;1-2-10-27(11-3-1)37-34-22-20-25-9-4-5-14-31(25)38(34)42-40(41-37)30-13-8-12-28(23-30)29-18-17-26-19-21-33-32-15-6-7-16-36(32)43-39(33)35(26)24-29;1-2-9-23(10-3-1)35-30-14-4-6-15-32(30)37-36(38-35)27-12-8-11-24(19-27)25-17-18-26-21-31-29-13-5-7-16-33(29)39-34(31)22-28(26)20-25/h3-26H,1-2H3;1-24H;1-22H. The van der Waals surface area contributed by atoms with Crippen LogP contribution in [0.3, 0.4) is 0 Å². The molecule has 0 bridgehead atoms. The van der Waals surface area contributed by atoms with Crippen LogP contribution in [0.5, 0.6) is 0 Å². The van der Waals surface area contributed by atoms with E-state index >= 15 is 0 Å². The molecule has 608 valence electrons. The predicted octanol–water partition coefficient (Wildman–Crippen LogP) is 33.0. The molecule has 0 aliphatic heterocycles. The Labute approximate surface area is 752 Å². The summed E-state index contributed by atoms with van der Waals surface area (Å²) < 4.78 is 15.4. The zero-order chi connectivity index (χ0) is 86.1. The van der Waals surface area contributed by atoms with Crippen LogP contribution in [-0.2, 0) is 5.41 Å². The van der Waals surface area contributed by atoms with Gasteiger partial charge in [-0.3, -0.25) is 0 Å². The van der Waals surface area contributed by atoms with Crippen LogP contribution >= 0.6 is 11.3 Å². The van der Waals surface area contributed by atoms with E-state index in [4.69, 9.17) is 38.7 Å². The normalized spacial score (nSPS) is 12.3. The number of fused-ring (bicyclic) bond motifs is 22. The highest BCUT2D eigenvalue weighted by Crippen LogP contribution is 2.51. The number of hydrogen-bond acceptors (Lipinski definition) is 9. The second-order valence-corrected chi connectivity index (χ2v) is 35.4. The number of nitrogens with zero attached hydrogens (tertiary/aromatic N) is 6. The molecule has 9 heteroatoms. The van der Waals surface area contributed by atoms with Gasteiger partial charge in [-0.15, -0.1) is 11.3 Å². The number of thiophene rings is 1. The Morgan fingerprint density at radius 3 is 1.20 bits per heavy atom. The number of para-hydroxylation sites is 4. The van der Waals surface area contributed by atoms with E-state index in [1.165, 1.54) is 64.1 Å². The Bertz CT molecular complexity index is 9130. The van der Waals surface area contributed by atoms with Gasteiger partial charge in [-0.2, -0.15) is 0 Å².